The molecule has 11 aromatic rings. The highest BCUT2D eigenvalue weighted by molar-refractivity contribution is 7.26. The van der Waals surface area contributed by atoms with Crippen molar-refractivity contribution in [3.8, 4) is 45.2 Å². The van der Waals surface area contributed by atoms with E-state index in [1.54, 1.807) is 11.3 Å². The van der Waals surface area contributed by atoms with Gasteiger partial charge in [-0.15, -0.1) is 11.3 Å². The van der Waals surface area contributed by atoms with Gasteiger partial charge in [-0.1, -0.05) is 122 Å². The number of benzene rings is 8. The highest BCUT2D eigenvalue weighted by Crippen LogP contribution is 2.63. The second-order valence-electron chi connectivity index (χ2n) is 17.3. The summed E-state index contributed by atoms with van der Waals surface area (Å²) in [5.41, 5.74) is 14.3. The van der Waals surface area contributed by atoms with Crippen molar-refractivity contribution < 1.29 is 4.74 Å². The number of rotatable bonds is 3. The average molecular weight is 824 g/mol. The molecule has 1 spiro atoms. The fourth-order valence-corrected chi connectivity index (χ4v) is 12.1. The quantitative estimate of drug-likeness (QED) is 0.178. The fourth-order valence-electron chi connectivity index (χ4n) is 11.0. The molecule has 3 aromatic heterocycles. The lowest BCUT2D eigenvalue weighted by molar-refractivity contribution is 0.378. The van der Waals surface area contributed by atoms with Gasteiger partial charge in [-0.25, -0.2) is 9.97 Å². The molecule has 0 radical (unpaired) electrons. The normalized spacial score (nSPS) is 17.4. The SMILES string of the molecule is CC1C=C2C(=CC1)Oc1ccccc1C21c2cc(-c3nc(-c4ccc5c(c4)c4ccccc4n5-c4ccccc4)nc4c3sc3ccccc34)ccc2-c2cc3ccccc3cc21. The second-order valence-corrected chi connectivity index (χ2v) is 18.4. The standard InChI is InChI=1S/C58H37N3OS/c1-34-23-28-52-48(29-34)58(45-19-9-11-21-51(45)62-52)46-33-37(24-26-40(46)43-30-35-13-5-6-14-36(35)32-47(43)58)54-56-55(42-18-8-12-22-53(42)63-56)60-57(59-54)38-25-27-50-44(31-38)41-17-7-10-20-49(41)61(50)39-15-3-2-4-16-39/h2-22,24-34H,23H2,1H3. The van der Waals surface area contributed by atoms with Crippen molar-refractivity contribution in [1.29, 1.82) is 0 Å². The van der Waals surface area contributed by atoms with Crippen LogP contribution in [0.15, 0.2) is 199 Å². The molecule has 296 valence electrons. The van der Waals surface area contributed by atoms with E-state index in [0.29, 0.717) is 5.92 Å². The first-order valence-electron chi connectivity index (χ1n) is 21.8. The summed E-state index contributed by atoms with van der Waals surface area (Å²) in [4.78, 5) is 11.1. The van der Waals surface area contributed by atoms with Crippen molar-refractivity contribution in [3.05, 3.63) is 216 Å². The minimum absolute atomic E-state index is 0.368. The molecule has 14 rings (SSSR count). The van der Waals surface area contributed by atoms with E-state index in [4.69, 9.17) is 14.7 Å². The molecule has 1 aliphatic heterocycles. The third kappa shape index (κ3) is 4.86. The highest BCUT2D eigenvalue weighted by atomic mass is 32.1. The molecule has 63 heavy (non-hydrogen) atoms. The van der Waals surface area contributed by atoms with Gasteiger partial charge in [0.2, 0.25) is 0 Å². The maximum absolute atomic E-state index is 6.82. The highest BCUT2D eigenvalue weighted by Gasteiger charge is 2.53. The maximum atomic E-state index is 6.82. The molecule has 0 saturated heterocycles. The van der Waals surface area contributed by atoms with Gasteiger partial charge in [-0.2, -0.15) is 0 Å². The Bertz CT molecular complexity index is 3830. The molecular formula is C58H37N3OS. The van der Waals surface area contributed by atoms with Crippen LogP contribution in [0.25, 0.3) is 92.3 Å². The predicted octanol–water partition coefficient (Wildman–Crippen LogP) is 15.0. The van der Waals surface area contributed by atoms with Crippen molar-refractivity contribution in [1.82, 2.24) is 14.5 Å². The van der Waals surface area contributed by atoms with Gasteiger partial charge in [0.25, 0.3) is 0 Å². The van der Waals surface area contributed by atoms with Gasteiger partial charge in [0, 0.05) is 48.8 Å². The lowest BCUT2D eigenvalue weighted by Crippen LogP contribution is -2.36. The van der Waals surface area contributed by atoms with E-state index in [1.165, 1.54) is 65.2 Å². The Labute approximate surface area is 367 Å². The van der Waals surface area contributed by atoms with Crippen LogP contribution in [0.4, 0.5) is 0 Å². The molecule has 2 unspecified atom stereocenters. The molecule has 2 atom stereocenters. The molecule has 4 nitrogen and oxygen atoms in total. The van der Waals surface area contributed by atoms with Crippen LogP contribution in [0.3, 0.4) is 0 Å². The minimum atomic E-state index is -0.590. The molecule has 0 bridgehead atoms. The van der Waals surface area contributed by atoms with E-state index in [-0.39, 0.29) is 0 Å². The van der Waals surface area contributed by atoms with Crippen LogP contribution in [-0.4, -0.2) is 14.5 Å². The van der Waals surface area contributed by atoms with Crippen LogP contribution in [0.1, 0.15) is 30.0 Å². The molecule has 8 aromatic carbocycles. The number of para-hydroxylation sites is 3. The van der Waals surface area contributed by atoms with Crippen LogP contribution < -0.4 is 4.74 Å². The summed E-state index contributed by atoms with van der Waals surface area (Å²) in [5, 5.41) is 6.00. The van der Waals surface area contributed by atoms with Crippen molar-refractivity contribution in [2.45, 2.75) is 18.8 Å². The van der Waals surface area contributed by atoms with Gasteiger partial charge in [0.15, 0.2) is 5.82 Å². The van der Waals surface area contributed by atoms with E-state index in [2.05, 4.69) is 200 Å². The van der Waals surface area contributed by atoms with Crippen LogP contribution in [0, 0.1) is 5.92 Å². The van der Waals surface area contributed by atoms with Crippen LogP contribution in [-0.2, 0) is 5.41 Å². The molecule has 4 heterocycles. The summed E-state index contributed by atoms with van der Waals surface area (Å²) in [6.45, 7) is 2.32. The molecule has 5 heteroatoms. The Kier molecular flexibility index (Phi) is 7.21. The smallest absolute Gasteiger partial charge is 0.160 e. The molecule has 0 saturated carbocycles. The predicted molar refractivity (Wildman–Crippen MR) is 260 cm³/mol. The first-order valence-corrected chi connectivity index (χ1v) is 22.6. The molecule has 2 aliphatic carbocycles. The zero-order chi connectivity index (χ0) is 41.4. The van der Waals surface area contributed by atoms with Crippen molar-refractivity contribution >= 4 is 64.2 Å². The summed E-state index contributed by atoms with van der Waals surface area (Å²) in [6, 6.07) is 64.1. The zero-order valence-electron chi connectivity index (χ0n) is 34.3. The lowest BCUT2D eigenvalue weighted by atomic mass is 9.63. The monoisotopic (exact) mass is 823 g/mol. The van der Waals surface area contributed by atoms with Gasteiger partial charge in [0.05, 0.1) is 32.4 Å². The Morgan fingerprint density at radius 2 is 1.33 bits per heavy atom. The van der Waals surface area contributed by atoms with Crippen LogP contribution in [0.5, 0.6) is 5.75 Å². The maximum Gasteiger partial charge on any atom is 0.160 e. The van der Waals surface area contributed by atoms with Gasteiger partial charge in [-0.05, 0) is 118 Å². The molecule has 3 aliphatic rings. The molecule has 0 amide bonds. The Morgan fingerprint density at radius 1 is 0.603 bits per heavy atom. The van der Waals surface area contributed by atoms with Gasteiger partial charge in [-0.3, -0.25) is 0 Å². The van der Waals surface area contributed by atoms with E-state index in [1.807, 2.05) is 0 Å². The third-order valence-corrected chi connectivity index (χ3v) is 14.9. The number of hydrogen-bond acceptors (Lipinski definition) is 4. The van der Waals surface area contributed by atoms with Gasteiger partial charge < -0.3 is 9.30 Å². The third-order valence-electron chi connectivity index (χ3n) is 13.7. The Balaban J connectivity index is 1.04. The molecular weight excluding hydrogens is 787 g/mol. The van der Waals surface area contributed by atoms with Gasteiger partial charge >= 0.3 is 0 Å². The minimum Gasteiger partial charge on any atom is -0.457 e. The summed E-state index contributed by atoms with van der Waals surface area (Å²) >= 11 is 1.78. The van der Waals surface area contributed by atoms with Crippen molar-refractivity contribution in [3.63, 3.8) is 0 Å². The topological polar surface area (TPSA) is 39.9 Å². The summed E-state index contributed by atoms with van der Waals surface area (Å²) in [6.07, 6.45) is 5.73. The van der Waals surface area contributed by atoms with Crippen molar-refractivity contribution in [2.75, 3.05) is 0 Å². The van der Waals surface area contributed by atoms with Crippen LogP contribution in [0.2, 0.25) is 0 Å². The van der Waals surface area contributed by atoms with E-state index in [0.717, 1.165) is 67.4 Å². The number of ether oxygens (including phenoxy) is 1. The Hall–Kier alpha value is -7.60. The summed E-state index contributed by atoms with van der Waals surface area (Å²) in [7, 11) is 0. The lowest BCUT2D eigenvalue weighted by Gasteiger charge is -2.43. The number of nitrogens with zero attached hydrogens (tertiary/aromatic N) is 3. The zero-order valence-corrected chi connectivity index (χ0v) is 35.2. The van der Waals surface area contributed by atoms with E-state index >= 15 is 0 Å². The average Bonchev–Trinajstić information content (AvgIpc) is 3.97. The molecule has 0 fully saturated rings. The largest absolute Gasteiger partial charge is 0.457 e. The first-order chi connectivity index (χ1) is 31.1. The summed E-state index contributed by atoms with van der Waals surface area (Å²) < 4.78 is 11.5. The number of allylic oxidation sites excluding steroid dienone is 3. The number of aromatic nitrogens is 3. The second kappa shape index (κ2) is 13.0. The van der Waals surface area contributed by atoms with Crippen molar-refractivity contribution in [2.24, 2.45) is 5.92 Å². The first kappa shape index (κ1) is 35.0. The fraction of sp³-hybridized carbons (Fsp3) is 0.0690. The van der Waals surface area contributed by atoms with E-state index < -0.39 is 5.41 Å². The number of hydrogen-bond donors (Lipinski definition) is 0. The molecule has 0 N–H and O–H groups in total. The van der Waals surface area contributed by atoms with Gasteiger partial charge in [0.1, 0.15) is 11.5 Å². The number of fused-ring (bicyclic) bond motifs is 16. The number of thiophene rings is 1. The van der Waals surface area contributed by atoms with Crippen LogP contribution >= 0.6 is 11.3 Å². The Morgan fingerprint density at radius 3 is 2.24 bits per heavy atom. The summed E-state index contributed by atoms with van der Waals surface area (Å²) in [5.74, 6) is 2.96. The van der Waals surface area contributed by atoms with E-state index in [9.17, 15) is 0 Å².